The van der Waals surface area contributed by atoms with Gasteiger partial charge >= 0.3 is 5.97 Å². The van der Waals surface area contributed by atoms with Gasteiger partial charge in [0.2, 0.25) is 5.91 Å². The SMILES string of the molecule is CCOC(=O)C(N)C(=O)NC(C)CCO. The first-order chi connectivity index (χ1) is 7.02. The highest BCUT2D eigenvalue weighted by atomic mass is 16.5. The highest BCUT2D eigenvalue weighted by Crippen LogP contribution is 1.92. The van der Waals surface area contributed by atoms with Gasteiger partial charge in [0, 0.05) is 12.6 Å². The van der Waals surface area contributed by atoms with Gasteiger partial charge in [-0.15, -0.1) is 0 Å². The van der Waals surface area contributed by atoms with Crippen LogP contribution in [0.1, 0.15) is 20.3 Å². The number of carbonyl (C=O) groups excluding carboxylic acids is 2. The molecule has 0 aromatic carbocycles. The Morgan fingerprint density at radius 2 is 2.13 bits per heavy atom. The zero-order valence-corrected chi connectivity index (χ0v) is 9.03. The number of hydrogen-bond donors (Lipinski definition) is 3. The van der Waals surface area contributed by atoms with Crippen LogP contribution in [0, 0.1) is 0 Å². The number of rotatable bonds is 6. The van der Waals surface area contributed by atoms with E-state index in [1.54, 1.807) is 13.8 Å². The molecule has 0 heterocycles. The monoisotopic (exact) mass is 218 g/mol. The quantitative estimate of drug-likeness (QED) is 0.382. The van der Waals surface area contributed by atoms with Gasteiger partial charge in [-0.2, -0.15) is 0 Å². The maximum Gasteiger partial charge on any atom is 0.332 e. The minimum Gasteiger partial charge on any atom is -0.464 e. The van der Waals surface area contributed by atoms with Crippen molar-refractivity contribution in [1.29, 1.82) is 0 Å². The lowest BCUT2D eigenvalue weighted by Gasteiger charge is -2.15. The van der Waals surface area contributed by atoms with Crippen molar-refractivity contribution in [2.24, 2.45) is 5.73 Å². The third-order valence-electron chi connectivity index (χ3n) is 1.77. The molecule has 0 rings (SSSR count). The Bertz CT molecular complexity index is 220. The summed E-state index contributed by atoms with van der Waals surface area (Å²) in [6.45, 7) is 3.50. The summed E-state index contributed by atoms with van der Waals surface area (Å²) in [6.07, 6.45) is 0.418. The van der Waals surface area contributed by atoms with Crippen molar-refractivity contribution in [3.63, 3.8) is 0 Å². The smallest absolute Gasteiger partial charge is 0.332 e. The van der Waals surface area contributed by atoms with Crippen molar-refractivity contribution >= 4 is 11.9 Å². The average Bonchev–Trinajstić information content (AvgIpc) is 2.17. The summed E-state index contributed by atoms with van der Waals surface area (Å²) in [5.74, 6) is -1.33. The number of amides is 1. The molecule has 0 fully saturated rings. The molecule has 0 aliphatic carbocycles. The number of aliphatic hydroxyl groups is 1. The van der Waals surface area contributed by atoms with Crippen LogP contribution in [0.5, 0.6) is 0 Å². The van der Waals surface area contributed by atoms with Gasteiger partial charge in [-0.3, -0.25) is 4.79 Å². The number of ether oxygens (including phenoxy) is 1. The largest absolute Gasteiger partial charge is 0.464 e. The predicted octanol–water partition coefficient (Wildman–Crippen LogP) is -1.24. The van der Waals surface area contributed by atoms with Crippen LogP contribution < -0.4 is 11.1 Å². The topological polar surface area (TPSA) is 102 Å². The van der Waals surface area contributed by atoms with Gasteiger partial charge in [0.15, 0.2) is 6.04 Å². The minimum atomic E-state index is -1.30. The molecule has 6 heteroatoms. The van der Waals surface area contributed by atoms with Crippen LogP contribution in [0.2, 0.25) is 0 Å². The summed E-state index contributed by atoms with van der Waals surface area (Å²) in [7, 11) is 0. The minimum absolute atomic E-state index is 0.0317. The molecule has 0 aromatic rings. The molecule has 4 N–H and O–H groups in total. The Morgan fingerprint density at radius 1 is 1.53 bits per heavy atom. The maximum atomic E-state index is 11.3. The van der Waals surface area contributed by atoms with Crippen LogP contribution in [0.4, 0.5) is 0 Å². The average molecular weight is 218 g/mol. The summed E-state index contributed by atoms with van der Waals surface area (Å²) in [4.78, 5) is 22.4. The fraction of sp³-hybridized carbons (Fsp3) is 0.778. The molecule has 0 saturated heterocycles. The molecule has 0 saturated carbocycles. The van der Waals surface area contributed by atoms with Crippen LogP contribution in [0.25, 0.3) is 0 Å². The van der Waals surface area contributed by atoms with E-state index in [9.17, 15) is 9.59 Å². The van der Waals surface area contributed by atoms with Crippen LogP contribution in [0.15, 0.2) is 0 Å². The van der Waals surface area contributed by atoms with Gasteiger partial charge in [0.25, 0.3) is 0 Å². The van der Waals surface area contributed by atoms with Gasteiger partial charge in [-0.05, 0) is 20.3 Å². The summed E-state index contributed by atoms with van der Waals surface area (Å²) in [5.41, 5.74) is 5.34. The third kappa shape index (κ3) is 5.34. The Hall–Kier alpha value is -1.14. The molecule has 88 valence electrons. The molecule has 2 atom stereocenters. The standard InChI is InChI=1S/C9H18N2O4/c1-3-15-9(14)7(10)8(13)11-6(2)4-5-12/h6-7,12H,3-5,10H2,1-2H3,(H,11,13). The number of nitrogens with two attached hydrogens (primary N) is 1. The predicted molar refractivity (Wildman–Crippen MR) is 53.9 cm³/mol. The van der Waals surface area contributed by atoms with Crippen LogP contribution >= 0.6 is 0 Å². The van der Waals surface area contributed by atoms with Crippen LogP contribution in [-0.2, 0) is 14.3 Å². The normalized spacial score (nSPS) is 14.1. The van der Waals surface area contributed by atoms with Crippen LogP contribution in [-0.4, -0.2) is 42.3 Å². The van der Waals surface area contributed by atoms with E-state index in [1.807, 2.05) is 0 Å². The van der Waals surface area contributed by atoms with Gasteiger partial charge in [-0.25, -0.2) is 4.79 Å². The Kier molecular flexibility index (Phi) is 6.64. The van der Waals surface area contributed by atoms with Gasteiger partial charge in [0.1, 0.15) is 0 Å². The fourth-order valence-electron chi connectivity index (χ4n) is 0.938. The molecule has 2 unspecified atom stereocenters. The summed E-state index contributed by atoms with van der Waals surface area (Å²) >= 11 is 0. The molecule has 0 aliphatic rings. The second-order valence-corrected chi connectivity index (χ2v) is 3.15. The number of nitrogens with one attached hydrogen (secondary N) is 1. The molecular formula is C9H18N2O4. The van der Waals surface area contributed by atoms with Crippen LogP contribution in [0.3, 0.4) is 0 Å². The van der Waals surface area contributed by atoms with E-state index in [0.29, 0.717) is 6.42 Å². The van der Waals surface area contributed by atoms with E-state index in [4.69, 9.17) is 10.8 Å². The Morgan fingerprint density at radius 3 is 2.60 bits per heavy atom. The molecule has 0 radical (unpaired) electrons. The van der Waals surface area contributed by atoms with E-state index in [2.05, 4.69) is 10.1 Å². The number of hydrogen-bond acceptors (Lipinski definition) is 5. The lowest BCUT2D eigenvalue weighted by Crippen LogP contribution is -2.49. The van der Waals surface area contributed by atoms with E-state index >= 15 is 0 Å². The number of aliphatic hydroxyl groups excluding tert-OH is 1. The van der Waals surface area contributed by atoms with E-state index in [-0.39, 0.29) is 19.3 Å². The number of esters is 1. The first-order valence-electron chi connectivity index (χ1n) is 4.86. The van der Waals surface area contributed by atoms with Gasteiger partial charge in [0.05, 0.1) is 6.61 Å². The third-order valence-corrected chi connectivity index (χ3v) is 1.77. The van der Waals surface area contributed by atoms with Crippen molar-refractivity contribution in [1.82, 2.24) is 5.32 Å². The molecule has 15 heavy (non-hydrogen) atoms. The first kappa shape index (κ1) is 13.9. The summed E-state index contributed by atoms with van der Waals surface area (Å²) in [6, 6.07) is -1.52. The van der Waals surface area contributed by atoms with E-state index < -0.39 is 17.9 Å². The Balaban J connectivity index is 4.03. The molecule has 0 aromatic heterocycles. The second kappa shape index (κ2) is 7.19. The highest BCUT2D eigenvalue weighted by molar-refractivity contribution is 6.01. The van der Waals surface area contributed by atoms with Gasteiger partial charge < -0.3 is 20.9 Å². The zero-order chi connectivity index (χ0) is 11.8. The van der Waals surface area contributed by atoms with Crippen molar-refractivity contribution in [2.45, 2.75) is 32.4 Å². The van der Waals surface area contributed by atoms with Crippen molar-refractivity contribution in [2.75, 3.05) is 13.2 Å². The van der Waals surface area contributed by atoms with Crippen molar-refractivity contribution in [3.8, 4) is 0 Å². The lowest BCUT2D eigenvalue weighted by molar-refractivity contribution is -0.148. The Labute approximate surface area is 88.8 Å². The maximum absolute atomic E-state index is 11.3. The van der Waals surface area contributed by atoms with Crippen molar-refractivity contribution in [3.05, 3.63) is 0 Å². The fourth-order valence-corrected chi connectivity index (χ4v) is 0.938. The molecule has 0 aliphatic heterocycles. The molecule has 6 nitrogen and oxygen atoms in total. The molecule has 0 bridgehead atoms. The van der Waals surface area contributed by atoms with Gasteiger partial charge in [-0.1, -0.05) is 0 Å². The lowest BCUT2D eigenvalue weighted by atomic mass is 10.2. The number of carbonyl (C=O) groups is 2. The molecule has 1 amide bonds. The first-order valence-corrected chi connectivity index (χ1v) is 4.86. The van der Waals surface area contributed by atoms with Crippen molar-refractivity contribution < 1.29 is 19.4 Å². The highest BCUT2D eigenvalue weighted by Gasteiger charge is 2.24. The van der Waals surface area contributed by atoms with E-state index in [0.717, 1.165) is 0 Å². The summed E-state index contributed by atoms with van der Waals surface area (Å²) in [5, 5.41) is 11.1. The van der Waals surface area contributed by atoms with E-state index in [1.165, 1.54) is 0 Å². The second-order valence-electron chi connectivity index (χ2n) is 3.15. The molecule has 0 spiro atoms. The zero-order valence-electron chi connectivity index (χ0n) is 9.03. The summed E-state index contributed by atoms with van der Waals surface area (Å²) < 4.78 is 4.59. The molecular weight excluding hydrogens is 200 g/mol.